The minimum Gasteiger partial charge on any atom is -0.494 e. The second-order valence-electron chi connectivity index (χ2n) is 4.27. The Labute approximate surface area is 113 Å². The van der Waals surface area contributed by atoms with Gasteiger partial charge >= 0.3 is 0 Å². The number of rotatable bonds is 5. The van der Waals surface area contributed by atoms with Crippen LogP contribution in [0.2, 0.25) is 0 Å². The van der Waals surface area contributed by atoms with Gasteiger partial charge in [-0.05, 0) is 42.8 Å². The molecule has 0 saturated carbocycles. The van der Waals surface area contributed by atoms with Gasteiger partial charge in [-0.25, -0.2) is 0 Å². The van der Waals surface area contributed by atoms with Crippen molar-refractivity contribution in [3.63, 3.8) is 0 Å². The Bertz CT molecular complexity index is 578. The number of hydrogen-bond acceptors (Lipinski definition) is 3. The molecule has 4 heteroatoms. The summed E-state index contributed by atoms with van der Waals surface area (Å²) in [6.45, 7) is 3.34. The predicted octanol–water partition coefficient (Wildman–Crippen LogP) is 2.91. The van der Waals surface area contributed by atoms with Gasteiger partial charge in [0.1, 0.15) is 17.5 Å². The van der Waals surface area contributed by atoms with Crippen LogP contribution < -0.4 is 10.1 Å². The van der Waals surface area contributed by atoms with Crippen molar-refractivity contribution in [2.45, 2.75) is 13.5 Å². The Kier molecular flexibility index (Phi) is 4.09. The molecule has 0 atom stereocenters. The summed E-state index contributed by atoms with van der Waals surface area (Å²) in [6.07, 6.45) is 1.96. The highest BCUT2D eigenvalue weighted by Gasteiger charge is 2.02. The van der Waals surface area contributed by atoms with Crippen molar-refractivity contribution < 1.29 is 4.74 Å². The summed E-state index contributed by atoms with van der Waals surface area (Å²) in [5.74, 6) is 0.875. The SMILES string of the molecule is CCOc1ccc(NCc2cc(C#N)n(C)c2)cc1. The molecule has 4 nitrogen and oxygen atoms in total. The van der Waals surface area contributed by atoms with E-state index >= 15 is 0 Å². The number of nitrogens with one attached hydrogen (secondary N) is 1. The maximum absolute atomic E-state index is 8.89. The Morgan fingerprint density at radius 1 is 1.32 bits per heavy atom. The molecule has 0 bridgehead atoms. The number of aromatic nitrogens is 1. The third-order valence-corrected chi connectivity index (χ3v) is 2.84. The summed E-state index contributed by atoms with van der Waals surface area (Å²) in [7, 11) is 1.87. The van der Waals surface area contributed by atoms with Gasteiger partial charge in [0.2, 0.25) is 0 Å². The average molecular weight is 255 g/mol. The van der Waals surface area contributed by atoms with Crippen molar-refractivity contribution in [2.75, 3.05) is 11.9 Å². The quantitative estimate of drug-likeness (QED) is 0.893. The van der Waals surface area contributed by atoms with Crippen LogP contribution in [-0.4, -0.2) is 11.2 Å². The van der Waals surface area contributed by atoms with Crippen LogP contribution in [0.3, 0.4) is 0 Å². The van der Waals surface area contributed by atoms with Crippen molar-refractivity contribution in [3.05, 3.63) is 47.8 Å². The lowest BCUT2D eigenvalue weighted by Gasteiger charge is -2.07. The normalized spacial score (nSPS) is 9.95. The lowest BCUT2D eigenvalue weighted by Crippen LogP contribution is -1.98. The molecule has 1 aromatic heterocycles. The summed E-state index contributed by atoms with van der Waals surface area (Å²) in [6, 6.07) is 11.9. The highest BCUT2D eigenvalue weighted by molar-refractivity contribution is 5.47. The largest absolute Gasteiger partial charge is 0.494 e. The highest BCUT2D eigenvalue weighted by Crippen LogP contribution is 2.16. The fraction of sp³-hybridized carbons (Fsp3) is 0.267. The number of aryl methyl sites for hydroxylation is 1. The molecule has 0 fully saturated rings. The van der Waals surface area contributed by atoms with Gasteiger partial charge in [0.15, 0.2) is 0 Å². The van der Waals surface area contributed by atoms with Gasteiger partial charge in [-0.1, -0.05) is 0 Å². The number of ether oxygens (including phenoxy) is 1. The zero-order valence-corrected chi connectivity index (χ0v) is 11.2. The first-order valence-corrected chi connectivity index (χ1v) is 6.25. The Balaban J connectivity index is 1.96. The molecule has 0 unspecified atom stereocenters. The predicted molar refractivity (Wildman–Crippen MR) is 75.1 cm³/mol. The first-order valence-electron chi connectivity index (χ1n) is 6.25. The van der Waals surface area contributed by atoms with Crippen LogP contribution >= 0.6 is 0 Å². The van der Waals surface area contributed by atoms with Crippen LogP contribution in [0, 0.1) is 11.3 Å². The van der Waals surface area contributed by atoms with E-state index < -0.39 is 0 Å². The van der Waals surface area contributed by atoms with E-state index in [2.05, 4.69) is 11.4 Å². The molecule has 2 aromatic rings. The molecule has 0 radical (unpaired) electrons. The number of hydrogen-bond donors (Lipinski definition) is 1. The average Bonchev–Trinajstić information content (AvgIpc) is 2.79. The van der Waals surface area contributed by atoms with E-state index in [1.807, 2.05) is 55.1 Å². The van der Waals surface area contributed by atoms with E-state index in [9.17, 15) is 0 Å². The molecule has 1 N–H and O–H groups in total. The molecule has 19 heavy (non-hydrogen) atoms. The first-order chi connectivity index (χ1) is 9.22. The molecule has 0 aliphatic carbocycles. The van der Waals surface area contributed by atoms with Gasteiger partial charge in [-0.15, -0.1) is 0 Å². The molecule has 1 heterocycles. The fourth-order valence-electron chi connectivity index (χ4n) is 1.88. The van der Waals surface area contributed by atoms with Crippen molar-refractivity contribution in [3.8, 4) is 11.8 Å². The van der Waals surface area contributed by atoms with Crippen molar-refractivity contribution in [1.29, 1.82) is 5.26 Å². The molecular formula is C15H17N3O. The van der Waals surface area contributed by atoms with Crippen LogP contribution in [0.1, 0.15) is 18.2 Å². The zero-order valence-electron chi connectivity index (χ0n) is 11.2. The minimum absolute atomic E-state index is 0.670. The Morgan fingerprint density at radius 3 is 2.63 bits per heavy atom. The monoisotopic (exact) mass is 255 g/mol. The summed E-state index contributed by atoms with van der Waals surface area (Å²) < 4.78 is 7.22. The molecule has 0 saturated heterocycles. The summed E-state index contributed by atoms with van der Waals surface area (Å²) in [5, 5.41) is 12.2. The van der Waals surface area contributed by atoms with E-state index in [0.717, 1.165) is 17.0 Å². The molecule has 2 rings (SSSR count). The highest BCUT2D eigenvalue weighted by atomic mass is 16.5. The second-order valence-corrected chi connectivity index (χ2v) is 4.27. The standard InChI is InChI=1S/C15H17N3O/c1-3-19-15-6-4-13(5-7-15)17-10-12-8-14(9-16)18(2)11-12/h4-8,11,17H,3,10H2,1-2H3. The summed E-state index contributed by atoms with van der Waals surface area (Å²) in [4.78, 5) is 0. The van der Waals surface area contributed by atoms with Gasteiger partial charge in [0.05, 0.1) is 6.61 Å². The van der Waals surface area contributed by atoms with Gasteiger partial charge in [-0.3, -0.25) is 0 Å². The zero-order chi connectivity index (χ0) is 13.7. The maximum Gasteiger partial charge on any atom is 0.120 e. The smallest absolute Gasteiger partial charge is 0.120 e. The summed E-state index contributed by atoms with van der Waals surface area (Å²) in [5.41, 5.74) is 2.79. The third-order valence-electron chi connectivity index (χ3n) is 2.84. The van der Waals surface area contributed by atoms with Crippen LogP contribution in [0.4, 0.5) is 5.69 Å². The lowest BCUT2D eigenvalue weighted by molar-refractivity contribution is 0.340. The maximum atomic E-state index is 8.89. The second kappa shape index (κ2) is 5.96. The number of anilines is 1. The van der Waals surface area contributed by atoms with Gasteiger partial charge < -0.3 is 14.6 Å². The van der Waals surface area contributed by atoms with Crippen molar-refractivity contribution >= 4 is 5.69 Å². The first kappa shape index (κ1) is 13.0. The van der Waals surface area contributed by atoms with Crippen molar-refractivity contribution in [1.82, 2.24) is 4.57 Å². The van der Waals surface area contributed by atoms with E-state index in [0.29, 0.717) is 18.8 Å². The molecular weight excluding hydrogens is 238 g/mol. The van der Waals surface area contributed by atoms with Crippen LogP contribution in [0.15, 0.2) is 36.5 Å². The molecule has 0 spiro atoms. The van der Waals surface area contributed by atoms with E-state index in [-0.39, 0.29) is 0 Å². The molecule has 1 aromatic carbocycles. The number of nitrogens with zero attached hydrogens (tertiary/aromatic N) is 2. The fourth-order valence-corrected chi connectivity index (χ4v) is 1.88. The van der Waals surface area contributed by atoms with Gasteiger partial charge in [-0.2, -0.15) is 5.26 Å². The Morgan fingerprint density at radius 2 is 2.05 bits per heavy atom. The van der Waals surface area contributed by atoms with Crippen molar-refractivity contribution in [2.24, 2.45) is 7.05 Å². The molecule has 0 amide bonds. The van der Waals surface area contributed by atoms with Crippen LogP contribution in [0.25, 0.3) is 0 Å². The molecule has 0 aliphatic heterocycles. The minimum atomic E-state index is 0.670. The van der Waals surface area contributed by atoms with Gasteiger partial charge in [0, 0.05) is 25.5 Å². The Hall–Kier alpha value is -2.41. The third kappa shape index (κ3) is 3.29. The van der Waals surface area contributed by atoms with Crippen LogP contribution in [-0.2, 0) is 13.6 Å². The number of benzene rings is 1. The van der Waals surface area contributed by atoms with E-state index in [1.165, 1.54) is 0 Å². The van der Waals surface area contributed by atoms with Gasteiger partial charge in [0.25, 0.3) is 0 Å². The lowest BCUT2D eigenvalue weighted by atomic mass is 10.2. The molecule has 0 aliphatic rings. The van der Waals surface area contributed by atoms with E-state index in [1.54, 1.807) is 0 Å². The topological polar surface area (TPSA) is 50.0 Å². The van der Waals surface area contributed by atoms with Crippen LogP contribution in [0.5, 0.6) is 5.75 Å². The molecule has 98 valence electrons. The van der Waals surface area contributed by atoms with E-state index in [4.69, 9.17) is 10.00 Å². The summed E-state index contributed by atoms with van der Waals surface area (Å²) >= 11 is 0. The number of nitriles is 1.